The van der Waals surface area contributed by atoms with Crippen molar-refractivity contribution in [3.8, 4) is 17.0 Å². The van der Waals surface area contributed by atoms with Crippen molar-refractivity contribution in [1.29, 1.82) is 0 Å². The number of benzene rings is 2. The van der Waals surface area contributed by atoms with Crippen LogP contribution in [0, 0.1) is 10.1 Å². The number of rotatable bonds is 4. The number of nitro benzene ring substituents is 1. The number of aromatic nitrogens is 2. The Morgan fingerprint density at radius 2 is 2.00 bits per heavy atom. The number of furan rings is 1. The Labute approximate surface area is 151 Å². The number of carboxylic acid groups (broad SMARTS) is 1. The van der Waals surface area contributed by atoms with Crippen molar-refractivity contribution in [3.63, 3.8) is 0 Å². The fourth-order valence-electron chi connectivity index (χ4n) is 3.04. The second-order valence-electron chi connectivity index (χ2n) is 5.64. The second-order valence-corrected chi connectivity index (χ2v) is 5.64. The number of nitro groups is 1. The summed E-state index contributed by atoms with van der Waals surface area (Å²) in [6.07, 6.45) is 1.37. The quantitative estimate of drug-likeness (QED) is 0.428. The van der Waals surface area contributed by atoms with Crippen molar-refractivity contribution in [2.45, 2.75) is 0 Å². The molecule has 2 aromatic heterocycles. The van der Waals surface area contributed by atoms with Crippen molar-refractivity contribution in [3.05, 3.63) is 58.3 Å². The third-order valence-corrected chi connectivity index (χ3v) is 4.21. The molecule has 27 heavy (non-hydrogen) atoms. The van der Waals surface area contributed by atoms with E-state index in [0.29, 0.717) is 16.5 Å². The van der Waals surface area contributed by atoms with Crippen LogP contribution in [-0.4, -0.2) is 33.3 Å². The maximum atomic E-state index is 11.6. The number of hydrogen-bond donors (Lipinski definition) is 1. The van der Waals surface area contributed by atoms with Gasteiger partial charge in [-0.3, -0.25) is 10.1 Å². The molecule has 0 spiro atoms. The molecule has 1 N–H and O–H groups in total. The first-order valence-electron chi connectivity index (χ1n) is 7.75. The molecule has 0 aliphatic carbocycles. The molecule has 0 saturated heterocycles. The molecule has 134 valence electrons. The largest absolute Gasteiger partial charge is 0.493 e. The Hall–Kier alpha value is -4.01. The molecule has 0 unspecified atom stereocenters. The number of nitrogens with zero attached hydrogens (tertiary/aromatic N) is 3. The summed E-state index contributed by atoms with van der Waals surface area (Å²) in [5.41, 5.74) is 0.615. The third kappa shape index (κ3) is 2.44. The number of hydrogen-bond acceptors (Lipinski definition) is 7. The molecule has 9 nitrogen and oxygen atoms in total. The van der Waals surface area contributed by atoms with E-state index < -0.39 is 10.9 Å². The van der Waals surface area contributed by atoms with E-state index in [4.69, 9.17) is 9.15 Å². The van der Waals surface area contributed by atoms with Crippen molar-refractivity contribution in [2.75, 3.05) is 7.11 Å². The lowest BCUT2D eigenvalue weighted by Gasteiger charge is -2.02. The van der Waals surface area contributed by atoms with Gasteiger partial charge in [-0.25, -0.2) is 4.79 Å². The van der Waals surface area contributed by atoms with E-state index in [1.165, 1.54) is 37.6 Å². The van der Waals surface area contributed by atoms with E-state index >= 15 is 0 Å². The zero-order valence-electron chi connectivity index (χ0n) is 13.9. The van der Waals surface area contributed by atoms with Crippen molar-refractivity contribution >= 4 is 33.6 Å². The maximum Gasteiger partial charge on any atom is 0.336 e. The van der Waals surface area contributed by atoms with Crippen LogP contribution in [0.4, 0.5) is 5.69 Å². The lowest BCUT2D eigenvalue weighted by Crippen LogP contribution is -1.98. The van der Waals surface area contributed by atoms with Crippen molar-refractivity contribution in [2.24, 2.45) is 0 Å². The first kappa shape index (κ1) is 16.5. The topological polar surface area (TPSA) is 129 Å². The van der Waals surface area contributed by atoms with E-state index in [0.717, 1.165) is 0 Å². The minimum atomic E-state index is -1.14. The van der Waals surface area contributed by atoms with Crippen LogP contribution in [0.1, 0.15) is 10.4 Å². The molecule has 4 aromatic rings. The highest BCUT2D eigenvalue weighted by molar-refractivity contribution is 6.17. The van der Waals surface area contributed by atoms with E-state index in [2.05, 4.69) is 10.2 Å². The summed E-state index contributed by atoms with van der Waals surface area (Å²) in [6, 6.07) is 8.95. The maximum absolute atomic E-state index is 11.6. The van der Waals surface area contributed by atoms with Gasteiger partial charge in [-0.15, -0.1) is 5.10 Å². The molecule has 0 aliphatic rings. The summed E-state index contributed by atoms with van der Waals surface area (Å²) in [5.74, 6) is -0.811. The molecule has 0 aliphatic heterocycles. The molecule has 0 atom stereocenters. The van der Waals surface area contributed by atoms with Gasteiger partial charge in [0.05, 0.1) is 34.7 Å². The van der Waals surface area contributed by atoms with Crippen LogP contribution in [0.5, 0.6) is 5.75 Å². The summed E-state index contributed by atoms with van der Waals surface area (Å²) in [4.78, 5) is 22.5. The number of para-hydroxylation sites is 1. The lowest BCUT2D eigenvalue weighted by atomic mass is 10.0. The minimum Gasteiger partial charge on any atom is -0.493 e. The number of aromatic carboxylic acids is 1. The standard InChI is InChI=1S/C18H11N3O6/c1-26-13-7-6-10(18(22)23)14-11-8-19-20-15(16(11)27-17(13)14)9-4-2-3-5-12(9)21(24)25/h2-8H,1H3,(H,22,23). The number of fused-ring (bicyclic) bond motifs is 3. The van der Waals surface area contributed by atoms with Gasteiger partial charge < -0.3 is 14.3 Å². The molecule has 2 heterocycles. The Kier molecular flexibility index (Phi) is 3.69. The van der Waals surface area contributed by atoms with Crippen molar-refractivity contribution in [1.82, 2.24) is 10.2 Å². The van der Waals surface area contributed by atoms with Gasteiger partial charge in [0.1, 0.15) is 5.69 Å². The first-order valence-corrected chi connectivity index (χ1v) is 7.75. The van der Waals surface area contributed by atoms with Gasteiger partial charge in [-0.2, -0.15) is 5.10 Å². The normalized spacial score (nSPS) is 11.0. The third-order valence-electron chi connectivity index (χ3n) is 4.21. The average molecular weight is 365 g/mol. The number of ether oxygens (including phenoxy) is 1. The van der Waals surface area contributed by atoms with Crippen LogP contribution in [0.3, 0.4) is 0 Å². The monoisotopic (exact) mass is 365 g/mol. The Balaban J connectivity index is 2.15. The zero-order valence-corrected chi connectivity index (χ0v) is 13.9. The highest BCUT2D eigenvalue weighted by Crippen LogP contribution is 2.41. The second kappa shape index (κ2) is 6.06. The van der Waals surface area contributed by atoms with E-state index in [1.54, 1.807) is 12.1 Å². The summed E-state index contributed by atoms with van der Waals surface area (Å²) < 4.78 is 11.1. The summed E-state index contributed by atoms with van der Waals surface area (Å²) in [5, 5.41) is 29.5. The van der Waals surface area contributed by atoms with Gasteiger partial charge in [-0.1, -0.05) is 12.1 Å². The molecule has 0 fully saturated rings. The first-order chi connectivity index (χ1) is 13.0. The van der Waals surface area contributed by atoms with Gasteiger partial charge in [0.2, 0.25) is 0 Å². The smallest absolute Gasteiger partial charge is 0.336 e. The van der Waals surface area contributed by atoms with Crippen LogP contribution >= 0.6 is 0 Å². The van der Waals surface area contributed by atoms with Crippen molar-refractivity contribution < 1.29 is 24.0 Å². The predicted octanol–water partition coefficient (Wildman–Crippen LogP) is 3.66. The minimum absolute atomic E-state index is 0.00561. The molecule has 0 bridgehead atoms. The SMILES string of the molecule is COc1ccc(C(=O)O)c2c1oc1c(-c3ccccc3[N+](=O)[O-])nncc12. The average Bonchev–Trinajstić information content (AvgIpc) is 3.06. The summed E-state index contributed by atoms with van der Waals surface area (Å²) in [6.45, 7) is 0. The Morgan fingerprint density at radius 3 is 2.70 bits per heavy atom. The Bertz CT molecular complexity index is 1230. The van der Waals surface area contributed by atoms with Gasteiger partial charge in [0, 0.05) is 11.5 Å². The molecule has 0 amide bonds. The number of carboxylic acids is 1. The summed E-state index contributed by atoms with van der Waals surface area (Å²) >= 11 is 0. The fraction of sp³-hybridized carbons (Fsp3) is 0.0556. The number of carbonyl (C=O) groups is 1. The summed E-state index contributed by atoms with van der Waals surface area (Å²) in [7, 11) is 1.43. The van der Waals surface area contributed by atoms with Crippen LogP contribution in [0.25, 0.3) is 33.2 Å². The van der Waals surface area contributed by atoms with Gasteiger partial charge in [0.15, 0.2) is 16.9 Å². The molecule has 9 heteroatoms. The molecule has 0 saturated carbocycles. The molecular formula is C18H11N3O6. The molecule has 0 radical (unpaired) electrons. The van der Waals surface area contributed by atoms with Crippen LogP contribution in [0.15, 0.2) is 47.0 Å². The van der Waals surface area contributed by atoms with E-state index in [1.807, 2.05) is 0 Å². The highest BCUT2D eigenvalue weighted by Gasteiger charge is 2.25. The van der Waals surface area contributed by atoms with Crippen LogP contribution in [0.2, 0.25) is 0 Å². The zero-order chi connectivity index (χ0) is 19.1. The van der Waals surface area contributed by atoms with Gasteiger partial charge in [0.25, 0.3) is 5.69 Å². The van der Waals surface area contributed by atoms with Gasteiger partial charge >= 0.3 is 5.97 Å². The molecule has 2 aromatic carbocycles. The van der Waals surface area contributed by atoms with Crippen LogP contribution in [-0.2, 0) is 0 Å². The lowest BCUT2D eigenvalue weighted by molar-refractivity contribution is -0.384. The van der Waals surface area contributed by atoms with Gasteiger partial charge in [-0.05, 0) is 18.2 Å². The van der Waals surface area contributed by atoms with E-state index in [-0.39, 0.29) is 33.7 Å². The van der Waals surface area contributed by atoms with E-state index in [9.17, 15) is 20.0 Å². The number of methoxy groups -OCH3 is 1. The predicted molar refractivity (Wildman–Crippen MR) is 94.9 cm³/mol. The Morgan fingerprint density at radius 1 is 1.22 bits per heavy atom. The van der Waals surface area contributed by atoms with Crippen LogP contribution < -0.4 is 4.74 Å². The highest BCUT2D eigenvalue weighted by atomic mass is 16.6. The fourth-order valence-corrected chi connectivity index (χ4v) is 3.04. The molecule has 4 rings (SSSR count). The molecular weight excluding hydrogens is 354 g/mol.